The van der Waals surface area contributed by atoms with Crippen molar-refractivity contribution in [2.45, 2.75) is 173 Å². The molecule has 0 heterocycles. The number of rotatable bonds is 34. The molecule has 0 aromatic heterocycles. The third kappa shape index (κ3) is 22.1. The van der Waals surface area contributed by atoms with Crippen LogP contribution in [0.1, 0.15) is 135 Å². The third-order valence-electron chi connectivity index (χ3n) is 11.9. The fourth-order valence-electron chi connectivity index (χ4n) is 8.14. The number of hydrogen-bond donors (Lipinski definition) is 9. The monoisotopic (exact) mass is 958 g/mol. The van der Waals surface area contributed by atoms with Crippen molar-refractivity contribution in [1.82, 2.24) is 26.6 Å². The van der Waals surface area contributed by atoms with E-state index in [0.29, 0.717) is 18.4 Å². The van der Waals surface area contributed by atoms with Crippen molar-refractivity contribution in [2.24, 2.45) is 17.4 Å². The first-order chi connectivity index (χ1) is 32.9. The number of benzene rings is 3. The Kier molecular flexibility index (Phi) is 25.5. The molecule has 3 aromatic rings. The van der Waals surface area contributed by atoms with Crippen molar-refractivity contribution < 1.29 is 48.6 Å². The van der Waals surface area contributed by atoms with Gasteiger partial charge in [-0.15, -0.1) is 0 Å². The summed E-state index contributed by atoms with van der Waals surface area (Å²) in [6, 6.07) is 16.3. The van der Waals surface area contributed by atoms with Crippen molar-refractivity contribution in [3.05, 3.63) is 83.9 Å². The van der Waals surface area contributed by atoms with Crippen LogP contribution < -0.4 is 38.1 Å². The minimum atomic E-state index is -1.29. The van der Waals surface area contributed by atoms with Crippen LogP contribution in [0.3, 0.4) is 0 Å². The number of unbranched alkanes of at least 4 members (excludes halogenated alkanes) is 11. The summed E-state index contributed by atoms with van der Waals surface area (Å²) < 4.78 is 0. The summed E-state index contributed by atoms with van der Waals surface area (Å²) in [6.45, 7) is 5.16. The highest BCUT2D eigenvalue weighted by atomic mass is 16.4. The maximum atomic E-state index is 13.6. The zero-order valence-electron chi connectivity index (χ0n) is 40.5. The van der Waals surface area contributed by atoms with Gasteiger partial charge in [0, 0.05) is 25.7 Å². The first kappa shape index (κ1) is 57.0. The predicted molar refractivity (Wildman–Crippen MR) is 264 cm³/mol. The number of hydrogen-bond acceptors (Lipinski definition) is 9. The number of carboxylic acids is 1. The van der Waals surface area contributed by atoms with Crippen molar-refractivity contribution >= 4 is 58.1 Å². The minimum absolute atomic E-state index is 0.0192. The van der Waals surface area contributed by atoms with E-state index in [9.17, 15) is 48.6 Å². The average molecular weight is 958 g/mol. The number of carboxylic acid groups (broad SMARTS) is 1. The number of aliphatic hydroxyl groups excluding tert-OH is 1. The van der Waals surface area contributed by atoms with Gasteiger partial charge in [-0.3, -0.25) is 33.6 Å². The number of amides is 7. The molecule has 6 atom stereocenters. The zero-order chi connectivity index (χ0) is 50.7. The smallest absolute Gasteiger partial charge is 0.326 e. The molecular formula is C52H75N7O10. The number of carbonyl (C=O) groups excluding carboxylic acids is 7. The normalized spacial score (nSPS) is 13.8. The van der Waals surface area contributed by atoms with Crippen molar-refractivity contribution in [1.29, 1.82) is 0 Å². The molecule has 0 aliphatic carbocycles. The predicted octanol–water partition coefficient (Wildman–Crippen LogP) is 4.38. The first-order valence-corrected chi connectivity index (χ1v) is 24.4. The number of aliphatic carboxylic acids is 1. The van der Waals surface area contributed by atoms with Crippen LogP contribution in [0.5, 0.6) is 0 Å². The highest BCUT2D eigenvalue weighted by Crippen LogP contribution is 2.20. The summed E-state index contributed by atoms with van der Waals surface area (Å²) in [4.78, 5) is 101. The van der Waals surface area contributed by atoms with E-state index in [1.807, 2.05) is 56.3 Å². The van der Waals surface area contributed by atoms with Crippen LogP contribution in [0.2, 0.25) is 0 Å². The summed E-state index contributed by atoms with van der Waals surface area (Å²) in [5.41, 5.74) is 12.6. The minimum Gasteiger partial charge on any atom is -0.480 e. The number of fused-ring (bicyclic) bond motifs is 1. The topological polar surface area (TPSA) is 289 Å². The Balaban J connectivity index is 1.29. The molecule has 3 aromatic carbocycles. The maximum Gasteiger partial charge on any atom is 0.326 e. The highest BCUT2D eigenvalue weighted by molar-refractivity contribution is 5.95. The average Bonchev–Trinajstić information content (AvgIpc) is 3.29. The SMILES string of the molecule is CC(C)C[C@H](NC(=O)[C@@H](NC(=O)CCCCCCCCCCCCCCC(=O)N[C@@H](CC(N)=O)C(=O)N[C@@H](Cc1ccccc1)C(=O)O)[C@@H](C)O)C(=O)N[C@@H](Cc1cccc2ccccc12)C(N)=O. The number of carbonyl (C=O) groups is 8. The van der Waals surface area contributed by atoms with E-state index < -0.39 is 84.1 Å². The van der Waals surface area contributed by atoms with Crippen LogP contribution >= 0.6 is 0 Å². The molecule has 378 valence electrons. The van der Waals surface area contributed by atoms with E-state index in [2.05, 4.69) is 26.6 Å². The van der Waals surface area contributed by atoms with Crippen LogP contribution in [0.4, 0.5) is 0 Å². The molecule has 0 spiro atoms. The summed E-state index contributed by atoms with van der Waals surface area (Å²) in [6.07, 6.45) is 10.1. The Morgan fingerprint density at radius 2 is 1.01 bits per heavy atom. The molecule has 17 heteroatoms. The second-order valence-corrected chi connectivity index (χ2v) is 18.4. The second-order valence-electron chi connectivity index (χ2n) is 18.4. The van der Waals surface area contributed by atoms with Gasteiger partial charge in [-0.05, 0) is 54.0 Å². The summed E-state index contributed by atoms with van der Waals surface area (Å²) in [7, 11) is 0. The Bertz CT molecular complexity index is 2130. The number of primary amides is 2. The molecule has 0 radical (unpaired) electrons. The lowest BCUT2D eigenvalue weighted by molar-refractivity contribution is -0.142. The molecule has 0 saturated carbocycles. The molecule has 69 heavy (non-hydrogen) atoms. The van der Waals surface area contributed by atoms with Gasteiger partial charge in [-0.25, -0.2) is 4.79 Å². The van der Waals surface area contributed by atoms with Gasteiger partial charge in [0.15, 0.2) is 0 Å². The van der Waals surface area contributed by atoms with E-state index in [4.69, 9.17) is 11.5 Å². The van der Waals surface area contributed by atoms with E-state index in [0.717, 1.165) is 80.5 Å². The van der Waals surface area contributed by atoms with E-state index in [-0.39, 0.29) is 43.9 Å². The first-order valence-electron chi connectivity index (χ1n) is 24.4. The van der Waals surface area contributed by atoms with Crippen molar-refractivity contribution in [3.63, 3.8) is 0 Å². The Morgan fingerprint density at radius 1 is 0.522 bits per heavy atom. The van der Waals surface area contributed by atoms with Gasteiger partial charge in [-0.2, -0.15) is 0 Å². The van der Waals surface area contributed by atoms with Crippen molar-refractivity contribution in [3.8, 4) is 0 Å². The number of nitrogens with one attached hydrogen (secondary N) is 5. The molecule has 0 bridgehead atoms. The van der Waals surface area contributed by atoms with Gasteiger partial charge in [-0.1, -0.05) is 151 Å². The lowest BCUT2D eigenvalue weighted by atomic mass is 9.97. The Hall–Kier alpha value is -6.36. The molecule has 0 unspecified atom stereocenters. The zero-order valence-corrected chi connectivity index (χ0v) is 40.5. The van der Waals surface area contributed by atoms with Gasteiger partial charge in [0.1, 0.15) is 30.2 Å². The molecule has 3 rings (SSSR count). The molecule has 0 saturated heterocycles. The molecular weight excluding hydrogens is 883 g/mol. The Labute approximate surface area is 406 Å². The van der Waals surface area contributed by atoms with E-state index in [1.54, 1.807) is 30.3 Å². The maximum absolute atomic E-state index is 13.6. The van der Waals surface area contributed by atoms with Crippen LogP contribution in [-0.2, 0) is 51.2 Å². The van der Waals surface area contributed by atoms with Gasteiger partial charge < -0.3 is 48.3 Å². The lowest BCUT2D eigenvalue weighted by Gasteiger charge is -2.27. The molecule has 0 aliphatic heterocycles. The summed E-state index contributed by atoms with van der Waals surface area (Å²) in [5, 5.41) is 35.0. The molecule has 11 N–H and O–H groups in total. The highest BCUT2D eigenvalue weighted by Gasteiger charge is 2.32. The molecule has 7 amide bonds. The molecule has 17 nitrogen and oxygen atoms in total. The van der Waals surface area contributed by atoms with Gasteiger partial charge in [0.2, 0.25) is 41.4 Å². The van der Waals surface area contributed by atoms with Crippen LogP contribution in [0, 0.1) is 5.92 Å². The fourth-order valence-corrected chi connectivity index (χ4v) is 8.14. The summed E-state index contributed by atoms with van der Waals surface area (Å²) in [5.74, 6) is -5.68. The second kappa shape index (κ2) is 30.9. The van der Waals surface area contributed by atoms with E-state index >= 15 is 0 Å². The van der Waals surface area contributed by atoms with Gasteiger partial charge >= 0.3 is 5.97 Å². The lowest BCUT2D eigenvalue weighted by Crippen LogP contribution is -2.59. The van der Waals surface area contributed by atoms with Gasteiger partial charge in [0.25, 0.3) is 0 Å². The molecule has 0 fully saturated rings. The van der Waals surface area contributed by atoms with E-state index in [1.165, 1.54) is 6.92 Å². The Morgan fingerprint density at radius 3 is 1.55 bits per heavy atom. The van der Waals surface area contributed by atoms with Crippen LogP contribution in [-0.4, -0.2) is 93.8 Å². The summed E-state index contributed by atoms with van der Waals surface area (Å²) >= 11 is 0. The van der Waals surface area contributed by atoms with Crippen LogP contribution in [0.15, 0.2) is 72.8 Å². The number of nitrogens with two attached hydrogens (primary N) is 2. The fraction of sp³-hybridized carbons (Fsp3) is 0.538. The van der Waals surface area contributed by atoms with Crippen molar-refractivity contribution in [2.75, 3.05) is 0 Å². The van der Waals surface area contributed by atoms with Gasteiger partial charge in [0.05, 0.1) is 12.5 Å². The standard InChI is InChI=1S/C52H75N7O10/c1-34(2)30-41(49(65)56-40(48(54)64)32-38-26-21-25-37-24-19-20-27-39(37)38)57-51(67)47(35(3)60)59-46(63)29-18-13-11-9-7-5-4-6-8-10-12-17-28-45(62)55-42(33-44(53)61)50(66)58-43(52(68)69)31-36-22-15-14-16-23-36/h14-16,19-27,34-35,40-43,47,60H,4-13,17-18,28-33H2,1-3H3,(H2,53,61)(H2,54,64)(H,55,62)(H,56,65)(H,57,67)(H,58,66)(H,59,63)(H,68,69)/t35-,40+,41+,42+,43+,47+/m1/s1. The largest absolute Gasteiger partial charge is 0.480 e. The number of aliphatic hydroxyl groups is 1. The van der Waals surface area contributed by atoms with Crippen LogP contribution in [0.25, 0.3) is 10.8 Å². The third-order valence-corrected chi connectivity index (χ3v) is 11.9. The molecule has 0 aliphatic rings. The quantitative estimate of drug-likeness (QED) is 0.0381.